The summed E-state index contributed by atoms with van der Waals surface area (Å²) < 4.78 is 0. The van der Waals surface area contributed by atoms with Crippen molar-refractivity contribution in [1.29, 1.82) is 0 Å². The van der Waals surface area contributed by atoms with Crippen molar-refractivity contribution in [2.75, 3.05) is 29.6 Å². The molecule has 0 fully saturated rings. The molecule has 0 saturated carbocycles. The normalized spacial score (nSPS) is 10.1. The van der Waals surface area contributed by atoms with Crippen molar-refractivity contribution in [3.8, 4) is 0 Å². The van der Waals surface area contributed by atoms with Crippen LogP contribution in [-0.4, -0.2) is 25.9 Å². The van der Waals surface area contributed by atoms with Crippen molar-refractivity contribution in [3.05, 3.63) is 53.6 Å². The van der Waals surface area contributed by atoms with Crippen LogP contribution in [0.25, 0.3) is 0 Å². The lowest BCUT2D eigenvalue weighted by molar-refractivity contribution is -0.133. The number of carbonyl (C=O) groups excluding carboxylic acids is 2. The molecular weight excluding hydrogens is 290 g/mol. The van der Waals surface area contributed by atoms with Crippen molar-refractivity contribution in [2.45, 2.75) is 13.8 Å². The molecule has 0 atom stereocenters. The third-order valence-electron chi connectivity index (χ3n) is 3.70. The van der Waals surface area contributed by atoms with Gasteiger partial charge in [0.15, 0.2) is 0 Å². The van der Waals surface area contributed by atoms with Crippen LogP contribution < -0.4 is 15.5 Å². The third kappa shape index (κ3) is 4.10. The van der Waals surface area contributed by atoms with Crippen LogP contribution in [0.1, 0.15) is 11.1 Å². The highest BCUT2D eigenvalue weighted by Crippen LogP contribution is 2.18. The van der Waals surface area contributed by atoms with Gasteiger partial charge < -0.3 is 15.5 Å². The van der Waals surface area contributed by atoms with Crippen molar-refractivity contribution in [2.24, 2.45) is 0 Å². The minimum absolute atomic E-state index is 0.580. The molecule has 0 saturated heterocycles. The number of benzene rings is 2. The fraction of sp³-hybridized carbons (Fsp3) is 0.222. The molecule has 0 unspecified atom stereocenters. The highest BCUT2D eigenvalue weighted by molar-refractivity contribution is 6.43. The summed E-state index contributed by atoms with van der Waals surface area (Å²) in [6, 6.07) is 12.8. The minimum atomic E-state index is -0.691. The molecule has 0 bridgehead atoms. The Morgan fingerprint density at radius 2 is 1.48 bits per heavy atom. The Kier molecular flexibility index (Phi) is 5.01. The van der Waals surface area contributed by atoms with E-state index in [4.69, 9.17) is 0 Å². The average Bonchev–Trinajstić information content (AvgIpc) is 2.52. The fourth-order valence-electron chi connectivity index (χ4n) is 2.10. The second kappa shape index (κ2) is 6.96. The van der Waals surface area contributed by atoms with Crippen molar-refractivity contribution in [1.82, 2.24) is 0 Å². The SMILES string of the molecule is Cc1cccc(NC(=O)C(=O)Nc2ccc(N(C)C)cc2)c1C. The summed E-state index contributed by atoms with van der Waals surface area (Å²) in [6.07, 6.45) is 0. The molecule has 2 N–H and O–H groups in total. The second-order valence-electron chi connectivity index (χ2n) is 5.60. The number of nitrogens with one attached hydrogen (secondary N) is 2. The monoisotopic (exact) mass is 311 g/mol. The molecule has 0 aromatic heterocycles. The summed E-state index contributed by atoms with van der Waals surface area (Å²) in [5, 5.41) is 5.23. The lowest BCUT2D eigenvalue weighted by Crippen LogP contribution is -2.29. The van der Waals surface area contributed by atoms with Gasteiger partial charge in [0.2, 0.25) is 0 Å². The van der Waals surface area contributed by atoms with Crippen LogP contribution in [0.4, 0.5) is 17.1 Å². The van der Waals surface area contributed by atoms with Gasteiger partial charge in [0.25, 0.3) is 0 Å². The summed E-state index contributed by atoms with van der Waals surface area (Å²) in [6.45, 7) is 3.86. The Morgan fingerprint density at radius 1 is 0.870 bits per heavy atom. The van der Waals surface area contributed by atoms with Crippen molar-refractivity contribution >= 4 is 28.9 Å². The van der Waals surface area contributed by atoms with Crippen LogP contribution >= 0.6 is 0 Å². The molecule has 0 aliphatic carbocycles. The Morgan fingerprint density at radius 3 is 2.09 bits per heavy atom. The van der Waals surface area contributed by atoms with E-state index in [2.05, 4.69) is 10.6 Å². The standard InChI is InChI=1S/C18H21N3O2/c1-12-6-5-7-16(13(12)2)20-18(23)17(22)19-14-8-10-15(11-9-14)21(3)4/h5-11H,1-4H3,(H,19,22)(H,20,23). The lowest BCUT2D eigenvalue weighted by Gasteiger charge is -2.13. The highest BCUT2D eigenvalue weighted by atomic mass is 16.2. The van der Waals surface area contributed by atoms with E-state index in [9.17, 15) is 9.59 Å². The number of hydrogen-bond acceptors (Lipinski definition) is 3. The molecule has 5 heteroatoms. The maximum absolute atomic E-state index is 12.0. The van der Waals surface area contributed by atoms with E-state index in [0.29, 0.717) is 11.4 Å². The maximum atomic E-state index is 12.0. The van der Waals surface area contributed by atoms with Gasteiger partial charge >= 0.3 is 11.8 Å². The van der Waals surface area contributed by atoms with Crippen LogP contribution in [0.15, 0.2) is 42.5 Å². The first-order valence-corrected chi connectivity index (χ1v) is 7.34. The second-order valence-corrected chi connectivity index (χ2v) is 5.60. The molecule has 0 spiro atoms. The smallest absolute Gasteiger partial charge is 0.314 e. The zero-order chi connectivity index (χ0) is 17.0. The van der Waals surface area contributed by atoms with Gasteiger partial charge in [-0.15, -0.1) is 0 Å². The van der Waals surface area contributed by atoms with Crippen LogP contribution in [0, 0.1) is 13.8 Å². The van der Waals surface area contributed by atoms with Crippen LogP contribution in [0.5, 0.6) is 0 Å². The maximum Gasteiger partial charge on any atom is 0.314 e. The summed E-state index contributed by atoms with van der Waals surface area (Å²) in [5.74, 6) is -1.38. The Balaban J connectivity index is 2.02. The average molecular weight is 311 g/mol. The van der Waals surface area contributed by atoms with Gasteiger partial charge in [0.1, 0.15) is 0 Å². The molecular formula is C18H21N3O2. The summed E-state index contributed by atoms with van der Waals surface area (Å²) in [5.41, 5.74) is 4.25. The molecule has 23 heavy (non-hydrogen) atoms. The van der Waals surface area contributed by atoms with Crippen LogP contribution in [0.2, 0.25) is 0 Å². The first-order chi connectivity index (χ1) is 10.9. The van der Waals surface area contributed by atoms with E-state index in [1.54, 1.807) is 18.2 Å². The predicted octanol–water partition coefficient (Wildman–Crippen LogP) is 2.95. The molecule has 0 radical (unpaired) electrons. The van der Waals surface area contributed by atoms with Gasteiger partial charge in [-0.05, 0) is 55.3 Å². The van der Waals surface area contributed by atoms with E-state index in [0.717, 1.165) is 16.8 Å². The van der Waals surface area contributed by atoms with Crippen molar-refractivity contribution < 1.29 is 9.59 Å². The molecule has 2 aromatic rings. The largest absolute Gasteiger partial charge is 0.378 e. The van der Waals surface area contributed by atoms with Gasteiger partial charge in [-0.2, -0.15) is 0 Å². The number of nitrogens with zero attached hydrogens (tertiary/aromatic N) is 1. The summed E-state index contributed by atoms with van der Waals surface area (Å²) >= 11 is 0. The number of amides is 2. The van der Waals surface area contributed by atoms with Gasteiger partial charge in [-0.1, -0.05) is 12.1 Å². The zero-order valence-electron chi connectivity index (χ0n) is 13.8. The zero-order valence-corrected chi connectivity index (χ0v) is 13.8. The highest BCUT2D eigenvalue weighted by Gasteiger charge is 2.15. The van der Waals surface area contributed by atoms with Crippen molar-refractivity contribution in [3.63, 3.8) is 0 Å². The Labute approximate surface area is 136 Å². The molecule has 5 nitrogen and oxygen atoms in total. The number of anilines is 3. The van der Waals surface area contributed by atoms with Gasteiger partial charge in [-0.25, -0.2) is 0 Å². The van der Waals surface area contributed by atoms with E-state index < -0.39 is 11.8 Å². The molecule has 0 aliphatic heterocycles. The van der Waals surface area contributed by atoms with Gasteiger partial charge in [-0.3, -0.25) is 9.59 Å². The molecule has 120 valence electrons. The Hall–Kier alpha value is -2.82. The lowest BCUT2D eigenvalue weighted by atomic mass is 10.1. The number of aryl methyl sites for hydroxylation is 1. The van der Waals surface area contributed by atoms with E-state index in [1.807, 2.05) is 57.1 Å². The number of rotatable bonds is 3. The van der Waals surface area contributed by atoms with E-state index >= 15 is 0 Å². The summed E-state index contributed by atoms with van der Waals surface area (Å²) in [4.78, 5) is 26.0. The first-order valence-electron chi connectivity index (χ1n) is 7.34. The number of hydrogen-bond donors (Lipinski definition) is 2. The number of carbonyl (C=O) groups is 2. The van der Waals surface area contributed by atoms with Gasteiger partial charge in [0, 0.05) is 31.2 Å². The van der Waals surface area contributed by atoms with E-state index in [1.165, 1.54) is 0 Å². The molecule has 0 aliphatic rings. The Bertz CT molecular complexity index is 722. The quantitative estimate of drug-likeness (QED) is 0.857. The minimum Gasteiger partial charge on any atom is -0.378 e. The van der Waals surface area contributed by atoms with Crippen LogP contribution in [-0.2, 0) is 9.59 Å². The van der Waals surface area contributed by atoms with E-state index in [-0.39, 0.29) is 0 Å². The third-order valence-corrected chi connectivity index (χ3v) is 3.70. The summed E-state index contributed by atoms with van der Waals surface area (Å²) in [7, 11) is 3.87. The predicted molar refractivity (Wildman–Crippen MR) is 93.9 cm³/mol. The molecule has 2 amide bonds. The molecule has 2 rings (SSSR count). The molecule has 0 heterocycles. The molecule has 2 aromatic carbocycles. The fourth-order valence-corrected chi connectivity index (χ4v) is 2.10. The topological polar surface area (TPSA) is 61.4 Å². The van der Waals surface area contributed by atoms with Gasteiger partial charge in [0.05, 0.1) is 0 Å². The van der Waals surface area contributed by atoms with Crippen LogP contribution in [0.3, 0.4) is 0 Å². The first kappa shape index (κ1) is 16.5.